The van der Waals surface area contributed by atoms with Gasteiger partial charge in [0.25, 0.3) is 0 Å². The highest BCUT2D eigenvalue weighted by Crippen LogP contribution is 2.33. The van der Waals surface area contributed by atoms with E-state index in [0.717, 1.165) is 64.2 Å². The first-order chi connectivity index (χ1) is 14.8. The summed E-state index contributed by atoms with van der Waals surface area (Å²) in [5.41, 5.74) is 0.208. The molecule has 2 atom stereocenters. The Morgan fingerprint density at radius 1 is 1.20 bits per heavy atom. The first-order valence-corrected chi connectivity index (χ1v) is 12.6. The Hall–Kier alpha value is -1.22. The fourth-order valence-corrected chi connectivity index (χ4v) is 6.40. The van der Waals surface area contributed by atoms with Crippen LogP contribution in [0.5, 0.6) is 0 Å². The smallest absolute Gasteiger partial charge is 0.191 e. The molecule has 4 rings (SSSR count). The molecular weight excluding hydrogens is 398 g/mol. The van der Waals surface area contributed by atoms with Crippen LogP contribution < -0.4 is 10.6 Å². The van der Waals surface area contributed by atoms with E-state index >= 15 is 0 Å². The SMILES string of the molecule is CN=C(NCC(c1ccco1)N1CCCCC1)NCC1(N2CCOCC2)CCSC1. The highest BCUT2D eigenvalue weighted by Gasteiger charge is 2.40. The molecule has 7 nitrogen and oxygen atoms in total. The number of guanidine groups is 1. The number of thioether (sulfide) groups is 1. The molecule has 1 aromatic heterocycles. The Morgan fingerprint density at radius 2 is 2.03 bits per heavy atom. The minimum atomic E-state index is 0.208. The fourth-order valence-electron chi connectivity index (χ4n) is 4.92. The van der Waals surface area contributed by atoms with Crippen LogP contribution in [-0.4, -0.2) is 92.3 Å². The molecule has 0 bridgehead atoms. The number of ether oxygens (including phenoxy) is 1. The van der Waals surface area contributed by atoms with Gasteiger partial charge in [-0.2, -0.15) is 11.8 Å². The molecule has 0 aliphatic carbocycles. The largest absolute Gasteiger partial charge is 0.468 e. The zero-order valence-electron chi connectivity index (χ0n) is 18.3. The number of hydrogen-bond donors (Lipinski definition) is 2. The maximum atomic E-state index is 5.79. The molecule has 0 spiro atoms. The third-order valence-electron chi connectivity index (χ3n) is 6.74. The average Bonchev–Trinajstić information content (AvgIpc) is 3.51. The van der Waals surface area contributed by atoms with E-state index in [1.54, 1.807) is 6.26 Å². The molecule has 3 saturated heterocycles. The molecule has 0 aromatic carbocycles. The van der Waals surface area contributed by atoms with Crippen molar-refractivity contribution in [2.24, 2.45) is 4.99 Å². The van der Waals surface area contributed by atoms with Crippen molar-refractivity contribution in [3.05, 3.63) is 24.2 Å². The van der Waals surface area contributed by atoms with Crippen molar-refractivity contribution in [3.8, 4) is 0 Å². The number of nitrogens with zero attached hydrogens (tertiary/aromatic N) is 3. The lowest BCUT2D eigenvalue weighted by atomic mass is 9.95. The number of aliphatic imine (C=N–C) groups is 1. The summed E-state index contributed by atoms with van der Waals surface area (Å²) in [6.07, 6.45) is 6.88. The third kappa shape index (κ3) is 5.33. The summed E-state index contributed by atoms with van der Waals surface area (Å²) in [4.78, 5) is 9.70. The van der Waals surface area contributed by atoms with Crippen molar-refractivity contribution in [2.75, 3.05) is 71.0 Å². The van der Waals surface area contributed by atoms with Crippen LogP contribution in [0, 0.1) is 0 Å². The van der Waals surface area contributed by atoms with Crippen molar-refractivity contribution < 1.29 is 9.15 Å². The predicted octanol–water partition coefficient (Wildman–Crippen LogP) is 2.18. The number of piperidine rings is 1. The van der Waals surface area contributed by atoms with E-state index in [-0.39, 0.29) is 11.6 Å². The first kappa shape index (κ1) is 22.0. The fraction of sp³-hybridized carbons (Fsp3) is 0.773. The summed E-state index contributed by atoms with van der Waals surface area (Å²) in [6, 6.07) is 4.33. The van der Waals surface area contributed by atoms with Gasteiger partial charge in [0.1, 0.15) is 5.76 Å². The second-order valence-corrected chi connectivity index (χ2v) is 9.67. The lowest BCUT2D eigenvalue weighted by molar-refractivity contribution is -0.0120. The predicted molar refractivity (Wildman–Crippen MR) is 123 cm³/mol. The van der Waals surface area contributed by atoms with Crippen LogP contribution in [0.25, 0.3) is 0 Å². The molecule has 4 heterocycles. The number of rotatable bonds is 7. The quantitative estimate of drug-likeness (QED) is 0.503. The van der Waals surface area contributed by atoms with Gasteiger partial charge in [-0.15, -0.1) is 0 Å². The maximum absolute atomic E-state index is 5.79. The van der Waals surface area contributed by atoms with Gasteiger partial charge in [0.2, 0.25) is 0 Å². The van der Waals surface area contributed by atoms with E-state index in [9.17, 15) is 0 Å². The van der Waals surface area contributed by atoms with E-state index in [0.29, 0.717) is 0 Å². The van der Waals surface area contributed by atoms with Crippen LogP contribution in [0.1, 0.15) is 37.5 Å². The van der Waals surface area contributed by atoms with Crippen molar-refractivity contribution in [2.45, 2.75) is 37.3 Å². The monoisotopic (exact) mass is 435 g/mol. The van der Waals surface area contributed by atoms with Crippen LogP contribution in [0.15, 0.2) is 27.8 Å². The van der Waals surface area contributed by atoms with E-state index in [2.05, 4.69) is 43.3 Å². The molecule has 0 saturated carbocycles. The summed E-state index contributed by atoms with van der Waals surface area (Å²) in [5, 5.41) is 7.23. The Morgan fingerprint density at radius 3 is 2.70 bits per heavy atom. The summed E-state index contributed by atoms with van der Waals surface area (Å²) >= 11 is 2.07. The van der Waals surface area contributed by atoms with Crippen LogP contribution in [0.4, 0.5) is 0 Å². The zero-order valence-corrected chi connectivity index (χ0v) is 19.1. The number of nitrogens with one attached hydrogen (secondary N) is 2. The van der Waals surface area contributed by atoms with Crippen molar-refractivity contribution >= 4 is 17.7 Å². The maximum Gasteiger partial charge on any atom is 0.191 e. The molecule has 0 amide bonds. The molecule has 3 aliphatic rings. The van der Waals surface area contributed by atoms with Crippen molar-refractivity contribution in [3.63, 3.8) is 0 Å². The lowest BCUT2D eigenvalue weighted by Crippen LogP contribution is -2.60. The highest BCUT2D eigenvalue weighted by atomic mass is 32.2. The minimum absolute atomic E-state index is 0.208. The molecule has 2 unspecified atom stereocenters. The topological polar surface area (TPSA) is 65.3 Å². The van der Waals surface area contributed by atoms with Gasteiger partial charge in [-0.3, -0.25) is 14.8 Å². The Labute approximate surface area is 185 Å². The molecule has 1 aromatic rings. The molecule has 0 radical (unpaired) electrons. The minimum Gasteiger partial charge on any atom is -0.468 e. The summed E-state index contributed by atoms with van der Waals surface area (Å²) < 4.78 is 11.4. The second kappa shape index (κ2) is 10.9. The molecule has 3 fully saturated rings. The van der Waals surface area contributed by atoms with Gasteiger partial charge in [-0.25, -0.2) is 0 Å². The van der Waals surface area contributed by atoms with E-state index < -0.39 is 0 Å². The molecule has 8 heteroatoms. The number of furan rings is 1. The van der Waals surface area contributed by atoms with Crippen LogP contribution in [-0.2, 0) is 4.74 Å². The molecule has 168 valence electrons. The van der Waals surface area contributed by atoms with Gasteiger partial charge < -0.3 is 19.8 Å². The van der Waals surface area contributed by atoms with Gasteiger partial charge in [0.05, 0.1) is 25.5 Å². The van der Waals surface area contributed by atoms with Gasteiger partial charge in [0.15, 0.2) is 5.96 Å². The zero-order chi connectivity index (χ0) is 20.7. The van der Waals surface area contributed by atoms with Gasteiger partial charge in [-0.05, 0) is 50.2 Å². The number of morpholine rings is 1. The summed E-state index contributed by atoms with van der Waals surface area (Å²) in [5.74, 6) is 4.34. The van der Waals surface area contributed by atoms with Crippen LogP contribution >= 0.6 is 11.8 Å². The Bertz CT molecular complexity index is 650. The van der Waals surface area contributed by atoms with Crippen LogP contribution in [0.2, 0.25) is 0 Å². The summed E-state index contributed by atoms with van der Waals surface area (Å²) in [6.45, 7) is 7.75. The second-order valence-electron chi connectivity index (χ2n) is 8.56. The standard InChI is InChI=1S/C22H37N5O2S/c1-23-21(25-17-22(7-15-30-18-22)27-10-13-28-14-11-27)24-16-19(20-6-5-12-29-20)26-8-3-2-4-9-26/h5-6,12,19H,2-4,7-11,13-18H2,1H3,(H2,23,24,25). The third-order valence-corrected chi connectivity index (χ3v) is 7.97. The Kier molecular flexibility index (Phi) is 7.98. The lowest BCUT2D eigenvalue weighted by Gasteiger charge is -2.43. The van der Waals surface area contributed by atoms with E-state index in [4.69, 9.17) is 9.15 Å². The Balaban J connectivity index is 1.35. The highest BCUT2D eigenvalue weighted by molar-refractivity contribution is 7.99. The van der Waals surface area contributed by atoms with E-state index in [1.165, 1.54) is 37.2 Å². The normalized spacial score (nSPS) is 27.8. The van der Waals surface area contributed by atoms with Crippen molar-refractivity contribution in [1.29, 1.82) is 0 Å². The first-order valence-electron chi connectivity index (χ1n) is 11.4. The van der Waals surface area contributed by atoms with Crippen LogP contribution in [0.3, 0.4) is 0 Å². The summed E-state index contributed by atoms with van der Waals surface area (Å²) in [7, 11) is 1.86. The van der Waals surface area contributed by atoms with E-state index in [1.807, 2.05) is 13.1 Å². The van der Waals surface area contributed by atoms with Gasteiger partial charge in [0, 0.05) is 44.5 Å². The van der Waals surface area contributed by atoms with Gasteiger partial charge >= 0.3 is 0 Å². The number of likely N-dealkylation sites (tertiary alicyclic amines) is 1. The van der Waals surface area contributed by atoms with Crippen molar-refractivity contribution in [1.82, 2.24) is 20.4 Å². The number of hydrogen-bond acceptors (Lipinski definition) is 6. The molecular formula is C22H37N5O2S. The molecule has 2 N–H and O–H groups in total. The average molecular weight is 436 g/mol. The molecule has 3 aliphatic heterocycles. The molecule has 30 heavy (non-hydrogen) atoms. The van der Waals surface area contributed by atoms with Gasteiger partial charge in [-0.1, -0.05) is 6.42 Å².